The molecule has 0 aromatic heterocycles. The molecule has 0 spiro atoms. The number of hydrazine groups is 1. The van der Waals surface area contributed by atoms with Crippen molar-refractivity contribution >= 4 is 23.4 Å². The molecule has 6 heteroatoms. The molecule has 172 valence electrons. The average Bonchev–Trinajstić information content (AvgIpc) is 3.47. The van der Waals surface area contributed by atoms with Crippen molar-refractivity contribution in [3.8, 4) is 11.1 Å². The minimum Gasteiger partial charge on any atom is -0.270 e. The third-order valence-electron chi connectivity index (χ3n) is 6.19. The fraction of sp³-hybridized carbons (Fsp3) is 0.462. The number of benzene rings is 2. The molecular weight excluding hydrogens is 592 g/mol. The van der Waals surface area contributed by atoms with Crippen LogP contribution in [0.25, 0.3) is 11.1 Å². The molecule has 5 rings (SSSR count). The van der Waals surface area contributed by atoms with Crippen molar-refractivity contribution in [2.24, 2.45) is 0 Å². The Balaban J connectivity index is 0.000000689. The van der Waals surface area contributed by atoms with E-state index in [0.717, 1.165) is 41.5 Å². The average molecular weight is 624 g/mol. The molecule has 0 radical (unpaired) electrons. The summed E-state index contributed by atoms with van der Waals surface area (Å²) in [6.45, 7) is 11.9. The molecule has 3 fully saturated rings. The maximum absolute atomic E-state index is 13.3. The van der Waals surface area contributed by atoms with Gasteiger partial charge in [0, 0.05) is 21.1 Å². The number of alkyl halides is 1. The Labute approximate surface area is 211 Å². The predicted octanol–water partition coefficient (Wildman–Crippen LogP) is 5.78. The number of fused-ring (bicyclic) bond motifs is 5. The van der Waals surface area contributed by atoms with Gasteiger partial charge in [-0.25, -0.2) is 10.0 Å². The van der Waals surface area contributed by atoms with Gasteiger partial charge in [0.2, 0.25) is 4.87 Å². The first-order valence-corrected chi connectivity index (χ1v) is 11.8. The number of aryl methyl sites for hydroxylation is 2. The monoisotopic (exact) mass is 623 g/mol. The van der Waals surface area contributed by atoms with Crippen molar-refractivity contribution in [2.75, 3.05) is 0 Å². The van der Waals surface area contributed by atoms with E-state index >= 15 is 0 Å². The van der Waals surface area contributed by atoms with Gasteiger partial charge in [0.15, 0.2) is 0 Å². The zero-order chi connectivity index (χ0) is 22.9. The van der Waals surface area contributed by atoms with Crippen LogP contribution < -0.4 is 0 Å². The summed E-state index contributed by atoms with van der Waals surface area (Å²) < 4.78 is 0. The molecule has 3 aliphatic rings. The van der Waals surface area contributed by atoms with Crippen molar-refractivity contribution in [1.29, 1.82) is 0 Å². The quantitative estimate of drug-likeness (QED) is 0.242. The van der Waals surface area contributed by atoms with E-state index in [1.54, 1.807) is 10.0 Å². The first-order chi connectivity index (χ1) is 14.9. The molecule has 1 saturated carbocycles. The van der Waals surface area contributed by atoms with E-state index in [2.05, 4.69) is 6.07 Å². The second-order valence-electron chi connectivity index (χ2n) is 7.83. The van der Waals surface area contributed by atoms with Crippen LogP contribution >= 0.6 is 11.6 Å². The zero-order valence-corrected chi connectivity index (χ0v) is 23.4. The molecule has 2 amide bonds. The molecule has 32 heavy (non-hydrogen) atoms. The Morgan fingerprint density at radius 3 is 1.91 bits per heavy atom. The van der Waals surface area contributed by atoms with Crippen molar-refractivity contribution in [3.05, 3.63) is 59.2 Å². The summed E-state index contributed by atoms with van der Waals surface area (Å²) in [7, 11) is 0. The van der Waals surface area contributed by atoms with Crippen LogP contribution in [0.2, 0.25) is 0 Å². The largest absolute Gasteiger partial charge is 0.275 e. The standard InChI is InChI=1S/C22H20ClN2O2.2C2H6.W/c1-13-10-14(2)19(12-18(13)15-6-4-3-5-7-15)22(23)20(26)24-16-8-9-17(11-16)25(24)21(22)27;2*1-2;/h3-7,10,16-17H,8-9,11H2,1-2H3;2*1-2H3;/q-1;;;. The Bertz CT molecular complexity index is 951. The normalized spacial score (nSPS) is 24.8. The van der Waals surface area contributed by atoms with E-state index in [0.29, 0.717) is 5.56 Å². The number of rotatable bonds is 2. The van der Waals surface area contributed by atoms with Gasteiger partial charge in [0.25, 0.3) is 11.8 Å². The Morgan fingerprint density at radius 2 is 1.41 bits per heavy atom. The molecule has 0 N–H and O–H groups in total. The number of amides is 2. The molecule has 2 aromatic rings. The van der Waals surface area contributed by atoms with Crippen molar-refractivity contribution in [1.82, 2.24) is 10.0 Å². The van der Waals surface area contributed by atoms with Crippen molar-refractivity contribution < 1.29 is 30.7 Å². The third-order valence-corrected chi connectivity index (χ3v) is 6.70. The first-order valence-electron chi connectivity index (χ1n) is 11.4. The summed E-state index contributed by atoms with van der Waals surface area (Å²) in [4.78, 5) is 24.9. The topological polar surface area (TPSA) is 40.6 Å². The number of carbonyl (C=O) groups is 2. The van der Waals surface area contributed by atoms with Gasteiger partial charge < -0.3 is 0 Å². The van der Waals surface area contributed by atoms with Crippen LogP contribution in [0.5, 0.6) is 0 Å². The Kier molecular flexibility index (Phi) is 8.75. The molecule has 4 nitrogen and oxygen atoms in total. The summed E-state index contributed by atoms with van der Waals surface area (Å²) in [6, 6.07) is 15.4. The van der Waals surface area contributed by atoms with Crippen LogP contribution in [0.3, 0.4) is 0 Å². The van der Waals surface area contributed by atoms with E-state index < -0.39 is 4.87 Å². The van der Waals surface area contributed by atoms with Gasteiger partial charge in [-0.1, -0.05) is 94.6 Å². The minimum atomic E-state index is -1.71. The van der Waals surface area contributed by atoms with Gasteiger partial charge in [0.1, 0.15) is 0 Å². The third kappa shape index (κ3) is 3.94. The number of hydrogen-bond donors (Lipinski definition) is 0. The molecule has 2 heterocycles. The predicted molar refractivity (Wildman–Crippen MR) is 126 cm³/mol. The number of nitrogens with zero attached hydrogens (tertiary/aromatic N) is 2. The second kappa shape index (κ2) is 10.5. The van der Waals surface area contributed by atoms with Crippen LogP contribution in [0.1, 0.15) is 63.6 Å². The maximum atomic E-state index is 13.3. The van der Waals surface area contributed by atoms with Crippen molar-refractivity contribution in [2.45, 2.75) is 77.8 Å². The summed E-state index contributed by atoms with van der Waals surface area (Å²) in [5.74, 6) is -0.632. The zero-order valence-electron chi connectivity index (χ0n) is 19.7. The smallest absolute Gasteiger partial charge is 0.270 e. The minimum absolute atomic E-state index is 0. The van der Waals surface area contributed by atoms with E-state index in [-0.39, 0.29) is 45.0 Å². The van der Waals surface area contributed by atoms with Gasteiger partial charge >= 0.3 is 0 Å². The van der Waals surface area contributed by atoms with Crippen LogP contribution in [-0.2, 0) is 35.5 Å². The second-order valence-corrected chi connectivity index (χ2v) is 8.40. The molecule has 2 bridgehead atoms. The van der Waals surface area contributed by atoms with Gasteiger partial charge in [0.05, 0.1) is 12.1 Å². The fourth-order valence-corrected chi connectivity index (χ4v) is 5.30. The van der Waals surface area contributed by atoms with Crippen LogP contribution in [-0.4, -0.2) is 33.9 Å². The van der Waals surface area contributed by atoms with Gasteiger partial charge in [-0.3, -0.25) is 9.59 Å². The van der Waals surface area contributed by atoms with Gasteiger partial charge in [-0.2, -0.15) is 0 Å². The van der Waals surface area contributed by atoms with Crippen LogP contribution in [0.15, 0.2) is 36.4 Å². The van der Waals surface area contributed by atoms with Gasteiger partial charge in [-0.05, 0) is 19.3 Å². The summed E-state index contributed by atoms with van der Waals surface area (Å²) in [6.07, 6.45) is 2.76. The molecular formula is C26H32ClN2O2W-. The number of carbonyl (C=O) groups excluding carboxylic acids is 2. The van der Waals surface area contributed by atoms with E-state index in [9.17, 15) is 9.59 Å². The fourth-order valence-electron chi connectivity index (χ4n) is 4.93. The SMILES string of the molecule is CC.CC.Cc1cc(C)c(C2(Cl)C(=O)N3C4CCC(C4)N3C2=O)[c-]c1-c1ccccc1.[W]. The summed E-state index contributed by atoms with van der Waals surface area (Å²) in [5.41, 5.74) is 4.22. The first kappa shape index (κ1) is 26.6. The summed E-state index contributed by atoms with van der Waals surface area (Å²) in [5, 5.41) is 3.25. The molecule has 2 unspecified atom stereocenters. The number of hydrogen-bond acceptors (Lipinski definition) is 2. The summed E-state index contributed by atoms with van der Waals surface area (Å²) >= 11 is 6.86. The Morgan fingerprint density at radius 1 is 0.906 bits per heavy atom. The van der Waals surface area contributed by atoms with E-state index in [4.69, 9.17) is 11.6 Å². The molecule has 1 aliphatic carbocycles. The van der Waals surface area contributed by atoms with E-state index in [1.165, 1.54) is 0 Å². The van der Waals surface area contributed by atoms with E-state index in [1.807, 2.05) is 77.9 Å². The van der Waals surface area contributed by atoms with Crippen LogP contribution in [0, 0.1) is 19.9 Å². The number of halogens is 1. The van der Waals surface area contributed by atoms with Crippen molar-refractivity contribution in [3.63, 3.8) is 0 Å². The molecule has 2 aromatic carbocycles. The molecule has 2 aliphatic heterocycles. The Hall–Kier alpha value is -1.64. The molecule has 2 atom stereocenters. The van der Waals surface area contributed by atoms with Gasteiger partial charge in [-0.15, -0.1) is 28.8 Å². The van der Waals surface area contributed by atoms with Crippen LogP contribution in [0.4, 0.5) is 0 Å². The maximum Gasteiger partial charge on any atom is 0.275 e. The molecule has 2 saturated heterocycles.